The maximum absolute atomic E-state index is 13.7. The average molecular weight is 475 g/mol. The summed E-state index contributed by atoms with van der Waals surface area (Å²) in [6.45, 7) is 0. The molecule has 0 heterocycles. The number of carbonyl (C=O) groups excluding carboxylic acids is 2. The molecule has 162 valence electrons. The van der Waals surface area contributed by atoms with Crippen molar-refractivity contribution >= 4 is 41.0 Å². The van der Waals surface area contributed by atoms with Crippen LogP contribution in [0.1, 0.15) is 10.4 Å². The van der Waals surface area contributed by atoms with E-state index < -0.39 is 51.6 Å². The Balaban J connectivity index is 2.18. The van der Waals surface area contributed by atoms with Crippen molar-refractivity contribution in [3.8, 4) is 0 Å². The number of amides is 3. The molecule has 2 aromatic carbocycles. The fraction of sp³-hybridized carbons (Fsp3) is 0.176. The van der Waals surface area contributed by atoms with Gasteiger partial charge in [-0.05, 0) is 36.0 Å². The Morgan fingerprint density at radius 3 is 2.03 bits per heavy atom. The first-order chi connectivity index (χ1) is 13.8. The van der Waals surface area contributed by atoms with E-state index in [0.29, 0.717) is 0 Å². The molecule has 2 N–H and O–H groups in total. The summed E-state index contributed by atoms with van der Waals surface area (Å²) in [5, 5.41) is -1.79. The lowest BCUT2D eigenvalue weighted by Gasteiger charge is -2.28. The molecule has 0 atom stereocenters. The van der Waals surface area contributed by atoms with Gasteiger partial charge in [-0.2, -0.15) is 30.7 Å². The molecule has 2 rings (SSSR count). The number of para-hydroxylation sites is 1. The van der Waals surface area contributed by atoms with Crippen LogP contribution in [-0.2, 0) is 0 Å². The predicted octanol–water partition coefficient (Wildman–Crippen LogP) is 6.18. The number of carbonyl (C=O) groups is 2. The fourth-order valence-electron chi connectivity index (χ4n) is 2.00. The van der Waals surface area contributed by atoms with Crippen LogP contribution in [0.5, 0.6) is 0 Å². The summed E-state index contributed by atoms with van der Waals surface area (Å²) in [6, 6.07) is 8.44. The molecule has 0 aliphatic carbocycles. The van der Waals surface area contributed by atoms with E-state index in [9.17, 15) is 40.3 Å². The quantitative estimate of drug-likeness (QED) is 0.401. The highest BCUT2D eigenvalue weighted by Crippen LogP contribution is 2.54. The lowest BCUT2D eigenvalue weighted by atomic mass is 10.2. The highest BCUT2D eigenvalue weighted by Gasteiger charge is 2.73. The summed E-state index contributed by atoms with van der Waals surface area (Å²) in [6.07, 6.45) is -6.50. The van der Waals surface area contributed by atoms with E-state index in [1.54, 1.807) is 0 Å². The number of benzene rings is 2. The third kappa shape index (κ3) is 5.17. The zero-order chi connectivity index (χ0) is 22.7. The van der Waals surface area contributed by atoms with Crippen LogP contribution < -0.4 is 10.6 Å². The third-order valence-electron chi connectivity index (χ3n) is 3.44. The predicted molar refractivity (Wildman–Crippen MR) is 96.2 cm³/mol. The number of rotatable bonds is 5. The van der Waals surface area contributed by atoms with Crippen LogP contribution in [0, 0.1) is 0 Å². The normalized spacial score (nSPS) is 12.4. The minimum Gasteiger partial charge on any atom is -0.307 e. The SMILES string of the molecule is O=C(NC(=O)c1ccccc1Cl)Nc1ccccc1SC(F)(F)C(F)(F)C(F)(F)F. The molecule has 0 saturated heterocycles. The van der Waals surface area contributed by atoms with Gasteiger partial charge in [-0.15, -0.1) is 0 Å². The van der Waals surface area contributed by atoms with E-state index in [-0.39, 0.29) is 10.6 Å². The molecule has 0 saturated carbocycles. The topological polar surface area (TPSA) is 58.2 Å². The minimum atomic E-state index is -6.50. The van der Waals surface area contributed by atoms with E-state index in [1.807, 2.05) is 10.6 Å². The van der Waals surface area contributed by atoms with Crippen molar-refractivity contribution in [1.29, 1.82) is 0 Å². The fourth-order valence-corrected chi connectivity index (χ4v) is 3.11. The van der Waals surface area contributed by atoms with Crippen LogP contribution in [0.25, 0.3) is 0 Å². The van der Waals surface area contributed by atoms with Gasteiger partial charge >= 0.3 is 23.4 Å². The highest BCUT2D eigenvalue weighted by molar-refractivity contribution is 8.00. The van der Waals surface area contributed by atoms with E-state index in [4.69, 9.17) is 11.6 Å². The highest BCUT2D eigenvalue weighted by atomic mass is 35.5. The average Bonchev–Trinajstić information content (AvgIpc) is 2.62. The Labute approximate surface area is 173 Å². The van der Waals surface area contributed by atoms with Crippen LogP contribution in [0.4, 0.5) is 41.2 Å². The third-order valence-corrected chi connectivity index (χ3v) is 4.86. The number of alkyl halides is 7. The Hall–Kier alpha value is -2.47. The van der Waals surface area contributed by atoms with Crippen LogP contribution in [0.2, 0.25) is 5.02 Å². The molecule has 0 unspecified atom stereocenters. The van der Waals surface area contributed by atoms with E-state index in [2.05, 4.69) is 0 Å². The molecule has 13 heteroatoms. The number of anilines is 1. The second-order valence-corrected chi connectivity index (χ2v) is 7.14. The van der Waals surface area contributed by atoms with Crippen molar-refractivity contribution in [2.24, 2.45) is 0 Å². The minimum absolute atomic E-state index is 0.00720. The van der Waals surface area contributed by atoms with E-state index in [0.717, 1.165) is 18.2 Å². The lowest BCUT2D eigenvalue weighted by Crippen LogP contribution is -2.50. The molecule has 0 fully saturated rings. The zero-order valence-electron chi connectivity index (χ0n) is 14.4. The van der Waals surface area contributed by atoms with Crippen LogP contribution >= 0.6 is 23.4 Å². The van der Waals surface area contributed by atoms with Crippen molar-refractivity contribution in [2.45, 2.75) is 22.2 Å². The summed E-state index contributed by atoms with van der Waals surface area (Å²) in [7, 11) is 0. The summed E-state index contributed by atoms with van der Waals surface area (Å²) in [5.74, 6) is -7.29. The zero-order valence-corrected chi connectivity index (χ0v) is 15.9. The molecular weight excluding hydrogens is 465 g/mol. The van der Waals surface area contributed by atoms with Crippen molar-refractivity contribution in [1.82, 2.24) is 5.32 Å². The maximum Gasteiger partial charge on any atom is 0.460 e. The van der Waals surface area contributed by atoms with Gasteiger partial charge in [-0.1, -0.05) is 35.9 Å². The number of nitrogens with one attached hydrogen (secondary N) is 2. The van der Waals surface area contributed by atoms with Crippen LogP contribution in [0.15, 0.2) is 53.4 Å². The molecule has 0 aliphatic rings. The van der Waals surface area contributed by atoms with Crippen molar-refractivity contribution < 1.29 is 40.3 Å². The smallest absolute Gasteiger partial charge is 0.307 e. The Kier molecular flexibility index (Phi) is 6.92. The molecule has 30 heavy (non-hydrogen) atoms. The Morgan fingerprint density at radius 1 is 0.867 bits per heavy atom. The first kappa shape index (κ1) is 23.8. The van der Waals surface area contributed by atoms with Crippen molar-refractivity contribution in [2.75, 3.05) is 5.32 Å². The summed E-state index contributed by atoms with van der Waals surface area (Å²) >= 11 is 4.71. The van der Waals surface area contributed by atoms with Crippen LogP contribution in [-0.4, -0.2) is 29.3 Å². The maximum atomic E-state index is 13.7. The van der Waals surface area contributed by atoms with Gasteiger partial charge in [0.05, 0.1) is 16.3 Å². The van der Waals surface area contributed by atoms with Crippen molar-refractivity contribution in [3.05, 3.63) is 59.1 Å². The molecule has 0 radical (unpaired) electrons. The number of urea groups is 1. The summed E-state index contributed by atoms with van der Waals surface area (Å²) in [4.78, 5) is 23.2. The van der Waals surface area contributed by atoms with Gasteiger partial charge in [0.2, 0.25) is 0 Å². The second kappa shape index (κ2) is 8.72. The van der Waals surface area contributed by atoms with Gasteiger partial charge < -0.3 is 5.32 Å². The van der Waals surface area contributed by atoms with Gasteiger partial charge in [0.1, 0.15) is 0 Å². The molecule has 0 spiro atoms. The lowest BCUT2D eigenvalue weighted by molar-refractivity contribution is -0.330. The Morgan fingerprint density at radius 2 is 1.43 bits per heavy atom. The second-order valence-electron chi connectivity index (χ2n) is 5.58. The van der Waals surface area contributed by atoms with E-state index in [1.165, 1.54) is 30.3 Å². The van der Waals surface area contributed by atoms with E-state index >= 15 is 0 Å². The summed E-state index contributed by atoms with van der Waals surface area (Å²) in [5.41, 5.74) is -0.613. The number of halogens is 8. The molecule has 0 aromatic heterocycles. The van der Waals surface area contributed by atoms with Gasteiger partial charge in [0.15, 0.2) is 0 Å². The van der Waals surface area contributed by atoms with Gasteiger partial charge in [-0.25, -0.2) is 4.79 Å². The number of hydrogen-bond acceptors (Lipinski definition) is 3. The number of hydrogen-bond donors (Lipinski definition) is 2. The first-order valence-corrected chi connectivity index (χ1v) is 8.93. The van der Waals surface area contributed by atoms with Gasteiger partial charge in [0.25, 0.3) is 5.91 Å². The molecule has 0 aliphatic heterocycles. The molecule has 3 amide bonds. The van der Waals surface area contributed by atoms with Crippen molar-refractivity contribution in [3.63, 3.8) is 0 Å². The largest absolute Gasteiger partial charge is 0.460 e. The Bertz CT molecular complexity index is 954. The summed E-state index contributed by atoms with van der Waals surface area (Å²) < 4.78 is 90.5. The van der Waals surface area contributed by atoms with Gasteiger partial charge in [-0.3, -0.25) is 10.1 Å². The first-order valence-electron chi connectivity index (χ1n) is 7.73. The van der Waals surface area contributed by atoms with Crippen LogP contribution in [0.3, 0.4) is 0 Å². The molecule has 2 aromatic rings. The molecule has 0 bridgehead atoms. The molecule has 4 nitrogen and oxygen atoms in total. The van der Waals surface area contributed by atoms with Gasteiger partial charge in [0, 0.05) is 4.90 Å². The monoisotopic (exact) mass is 474 g/mol. The molecular formula is C17H10ClF7N2O2S. The number of thioether (sulfide) groups is 1. The number of imide groups is 1. The standard InChI is InChI=1S/C17H10ClF7N2O2S/c18-10-6-2-1-5-9(10)13(28)27-14(29)26-11-7-3-4-8-12(11)30-17(24,25)15(19,20)16(21,22)23/h1-8H,(H2,26,27,28,29).